The minimum atomic E-state index is -1.49. The second-order valence-electron chi connectivity index (χ2n) is 16.4. The monoisotopic (exact) mass is 1090 g/mol. The van der Waals surface area contributed by atoms with Crippen molar-refractivity contribution < 1.29 is 143 Å². The van der Waals surface area contributed by atoms with Gasteiger partial charge in [-0.15, -0.1) is 0 Å². The highest BCUT2D eigenvalue weighted by Crippen LogP contribution is 2.33. The van der Waals surface area contributed by atoms with E-state index in [2.05, 4.69) is 0 Å². The number of rotatable bonds is 28. The third kappa shape index (κ3) is 21.8. The molecule has 0 radical (unpaired) electrons. The lowest BCUT2D eigenvalue weighted by molar-refractivity contribution is -0.323. The standard InChI is InChI=1S/C45H66O30/c1-21(46)62-17-32-35(66-24(4)49)38(69-27(7)52)41(71-29(9)54)44(74-32)60-14-12-57-19-59-16-31-34(65-23(3)48)37(68-26(6)51)40(43(56-11)73-31)64-20-58-13-15-61-45-42(72-30(10)55)39(70-28(8)53)36(67-25(5)50)33(75-45)18-63-22(2)47/h31-45H,12-20H2,1-11H3/t31-,32-,33-,34-,35-,36-,37+,38+,39+,40+,41+,42+,43+,44+,45+/m1/s1. The van der Waals surface area contributed by atoms with Crippen molar-refractivity contribution in [3.05, 3.63) is 0 Å². The molecule has 3 heterocycles. The molecule has 0 spiro atoms. The summed E-state index contributed by atoms with van der Waals surface area (Å²) in [6.45, 7) is 7.59. The molecule has 75 heavy (non-hydrogen) atoms. The highest BCUT2D eigenvalue weighted by Gasteiger charge is 2.55. The average Bonchev–Trinajstić information content (AvgIpc) is 3.29. The smallest absolute Gasteiger partial charge is 0.303 e. The number of ether oxygens (including phenoxy) is 20. The first kappa shape index (κ1) is 63.6. The van der Waals surface area contributed by atoms with Crippen LogP contribution in [0.15, 0.2) is 0 Å². The molecular weight excluding hydrogens is 1020 g/mol. The predicted octanol–water partition coefficient (Wildman–Crippen LogP) is -1.23. The van der Waals surface area contributed by atoms with Crippen LogP contribution >= 0.6 is 0 Å². The number of hydrogen-bond donors (Lipinski definition) is 0. The van der Waals surface area contributed by atoms with E-state index in [1.54, 1.807) is 0 Å². The van der Waals surface area contributed by atoms with Crippen LogP contribution in [0.2, 0.25) is 0 Å². The van der Waals surface area contributed by atoms with Crippen LogP contribution in [-0.2, 0) is 143 Å². The number of esters is 10. The first-order chi connectivity index (χ1) is 35.4. The molecule has 30 heteroatoms. The van der Waals surface area contributed by atoms with E-state index in [1.165, 1.54) is 7.11 Å². The SMILES string of the molecule is CO[C@H]1O[C@H](COCOCCO[C@H]2O[C@H](COC(C)=O)[C@@H](OC(C)=O)[C@H](OC(C)=O)[C@@H]2OC(C)=O)[C@@H](OC(C)=O)[C@H](OC(C)=O)[C@@H]1OCOCCO[C@H]1O[C@H](COC(C)=O)[C@@H](OC(C)=O)[C@H](OC(C)=O)[C@@H]1OC(C)=O. The lowest BCUT2D eigenvalue weighted by Gasteiger charge is -2.44. The molecule has 3 aliphatic rings. The molecule has 15 atom stereocenters. The number of methoxy groups -OCH3 is 1. The second-order valence-corrected chi connectivity index (χ2v) is 16.4. The highest BCUT2D eigenvalue weighted by molar-refractivity contribution is 5.70. The normalized spacial score (nSPS) is 29.3. The van der Waals surface area contributed by atoms with Crippen LogP contribution in [-0.4, -0.2) is 219 Å². The number of carbonyl (C=O) groups is 10. The third-order valence-electron chi connectivity index (χ3n) is 10.1. The molecule has 0 bridgehead atoms. The van der Waals surface area contributed by atoms with Crippen molar-refractivity contribution in [2.24, 2.45) is 0 Å². The Balaban J connectivity index is 1.65. The van der Waals surface area contributed by atoms with E-state index in [9.17, 15) is 47.9 Å². The van der Waals surface area contributed by atoms with Crippen molar-refractivity contribution in [3.8, 4) is 0 Å². The van der Waals surface area contributed by atoms with Crippen LogP contribution in [0.5, 0.6) is 0 Å². The molecule has 0 aromatic rings. The predicted molar refractivity (Wildman–Crippen MR) is 235 cm³/mol. The van der Waals surface area contributed by atoms with E-state index in [-0.39, 0.29) is 33.0 Å². The fourth-order valence-corrected chi connectivity index (χ4v) is 7.60. The molecular formula is C45H66O30. The Morgan fingerprint density at radius 1 is 0.307 bits per heavy atom. The van der Waals surface area contributed by atoms with Crippen LogP contribution in [0.25, 0.3) is 0 Å². The molecule has 426 valence electrons. The van der Waals surface area contributed by atoms with Crippen molar-refractivity contribution >= 4 is 59.7 Å². The molecule has 3 saturated heterocycles. The molecule has 0 aliphatic carbocycles. The topological polar surface area (TPSA) is 355 Å². The Bertz CT molecular complexity index is 1930. The lowest BCUT2D eigenvalue weighted by Crippen LogP contribution is -2.63. The molecule has 3 fully saturated rings. The van der Waals surface area contributed by atoms with Gasteiger partial charge in [0.15, 0.2) is 73.8 Å². The van der Waals surface area contributed by atoms with Crippen LogP contribution in [0.3, 0.4) is 0 Å². The first-order valence-corrected chi connectivity index (χ1v) is 23.1. The average molecular weight is 1090 g/mol. The summed E-state index contributed by atoms with van der Waals surface area (Å²) >= 11 is 0. The molecule has 0 aromatic carbocycles. The number of hydrogen-bond acceptors (Lipinski definition) is 30. The van der Waals surface area contributed by atoms with Crippen LogP contribution in [0.1, 0.15) is 69.2 Å². The summed E-state index contributed by atoms with van der Waals surface area (Å²) in [5.41, 5.74) is 0. The largest absolute Gasteiger partial charge is 0.463 e. The van der Waals surface area contributed by atoms with Crippen molar-refractivity contribution in [3.63, 3.8) is 0 Å². The minimum Gasteiger partial charge on any atom is -0.463 e. The van der Waals surface area contributed by atoms with Gasteiger partial charge >= 0.3 is 59.7 Å². The molecule has 0 aromatic heterocycles. The minimum absolute atomic E-state index is 0.202. The quantitative estimate of drug-likeness (QED) is 0.0383. The highest BCUT2D eigenvalue weighted by atomic mass is 16.8. The van der Waals surface area contributed by atoms with E-state index < -0.39 is 179 Å². The zero-order valence-electron chi connectivity index (χ0n) is 43.3. The van der Waals surface area contributed by atoms with E-state index in [1.807, 2.05) is 0 Å². The van der Waals surface area contributed by atoms with Crippen LogP contribution in [0.4, 0.5) is 0 Å². The summed E-state index contributed by atoms with van der Waals surface area (Å²) in [7, 11) is 1.26. The number of carbonyl (C=O) groups excluding carboxylic acids is 10. The third-order valence-corrected chi connectivity index (χ3v) is 10.1. The summed E-state index contributed by atoms with van der Waals surface area (Å²) < 4.78 is 111. The first-order valence-electron chi connectivity index (χ1n) is 23.1. The summed E-state index contributed by atoms with van der Waals surface area (Å²) in [6.07, 6.45) is -20.7. The maximum absolute atomic E-state index is 12.4. The van der Waals surface area contributed by atoms with E-state index in [0.29, 0.717) is 0 Å². The Morgan fingerprint density at radius 2 is 0.613 bits per heavy atom. The molecule has 30 nitrogen and oxygen atoms in total. The van der Waals surface area contributed by atoms with Gasteiger partial charge in [-0.1, -0.05) is 0 Å². The Morgan fingerprint density at radius 3 is 0.960 bits per heavy atom. The molecule has 3 rings (SSSR count). The summed E-state index contributed by atoms with van der Waals surface area (Å²) in [5.74, 6) is -7.97. The van der Waals surface area contributed by atoms with Crippen LogP contribution < -0.4 is 0 Å². The molecule has 3 aliphatic heterocycles. The lowest BCUT2D eigenvalue weighted by atomic mass is 9.98. The van der Waals surface area contributed by atoms with E-state index >= 15 is 0 Å². The van der Waals surface area contributed by atoms with Gasteiger partial charge in [0, 0.05) is 76.3 Å². The van der Waals surface area contributed by atoms with Gasteiger partial charge in [0.25, 0.3) is 0 Å². The van der Waals surface area contributed by atoms with Gasteiger partial charge in [-0.25, -0.2) is 0 Å². The fraction of sp³-hybridized carbons (Fsp3) is 0.778. The van der Waals surface area contributed by atoms with Gasteiger partial charge in [0.05, 0.1) is 33.0 Å². The molecule has 0 amide bonds. The second kappa shape index (κ2) is 32.0. The van der Waals surface area contributed by atoms with Gasteiger partial charge in [0.1, 0.15) is 45.1 Å². The van der Waals surface area contributed by atoms with Crippen molar-refractivity contribution in [1.29, 1.82) is 0 Å². The maximum atomic E-state index is 12.4. The molecule has 0 unspecified atom stereocenters. The van der Waals surface area contributed by atoms with Gasteiger partial charge in [-0.2, -0.15) is 0 Å². The zero-order valence-corrected chi connectivity index (χ0v) is 43.3. The Labute approximate surface area is 430 Å². The zero-order chi connectivity index (χ0) is 55.9. The van der Waals surface area contributed by atoms with Crippen molar-refractivity contribution in [2.45, 2.75) is 161 Å². The maximum Gasteiger partial charge on any atom is 0.303 e. The van der Waals surface area contributed by atoms with Crippen molar-refractivity contribution in [2.75, 3.05) is 66.9 Å². The van der Waals surface area contributed by atoms with Crippen LogP contribution in [0, 0.1) is 0 Å². The molecule has 0 saturated carbocycles. The molecule has 0 N–H and O–H groups in total. The van der Waals surface area contributed by atoms with Crippen molar-refractivity contribution in [1.82, 2.24) is 0 Å². The summed E-state index contributed by atoms with van der Waals surface area (Å²) in [4.78, 5) is 121. The Kier molecular flexibility index (Phi) is 27.1. The van der Waals surface area contributed by atoms with Gasteiger partial charge in [0.2, 0.25) is 0 Å². The van der Waals surface area contributed by atoms with E-state index in [4.69, 9.17) is 94.7 Å². The summed E-state index contributed by atoms with van der Waals surface area (Å²) in [5, 5.41) is 0. The van der Waals surface area contributed by atoms with Gasteiger partial charge in [-0.3, -0.25) is 47.9 Å². The fourth-order valence-electron chi connectivity index (χ4n) is 7.60. The van der Waals surface area contributed by atoms with E-state index in [0.717, 1.165) is 69.2 Å². The Hall–Kier alpha value is -5.70. The van der Waals surface area contributed by atoms with Gasteiger partial charge in [-0.05, 0) is 0 Å². The summed E-state index contributed by atoms with van der Waals surface area (Å²) in [6, 6.07) is 0. The van der Waals surface area contributed by atoms with Gasteiger partial charge < -0.3 is 94.7 Å².